The predicted octanol–water partition coefficient (Wildman–Crippen LogP) is 6.09. The third kappa shape index (κ3) is 8.61. The molecule has 0 radical (unpaired) electrons. The van der Waals surface area contributed by atoms with Crippen molar-refractivity contribution in [1.82, 2.24) is 5.32 Å². The quantitative estimate of drug-likeness (QED) is 0.268. The van der Waals surface area contributed by atoms with E-state index in [1.807, 2.05) is 30.3 Å². The van der Waals surface area contributed by atoms with Crippen LogP contribution < -0.4 is 20.1 Å². The van der Waals surface area contributed by atoms with Crippen molar-refractivity contribution in [2.24, 2.45) is 0 Å². The smallest absolute Gasteiger partial charge is 0.261 e. The molecule has 2 aromatic carbocycles. The molecule has 8 heteroatoms. The van der Waals surface area contributed by atoms with Gasteiger partial charge in [0.2, 0.25) is 0 Å². The van der Waals surface area contributed by atoms with E-state index in [0.717, 1.165) is 48.2 Å². The van der Waals surface area contributed by atoms with Crippen molar-refractivity contribution in [3.05, 3.63) is 52.5 Å². The molecule has 2 N–H and O–H groups in total. The van der Waals surface area contributed by atoms with Crippen LogP contribution in [0, 0.1) is 0 Å². The molecule has 1 aliphatic rings. The van der Waals surface area contributed by atoms with Crippen LogP contribution >= 0.6 is 28.1 Å². The maximum Gasteiger partial charge on any atom is 0.261 e. The molecule has 0 bridgehead atoms. The van der Waals surface area contributed by atoms with Gasteiger partial charge in [0.05, 0.1) is 18.3 Å². The van der Waals surface area contributed by atoms with Crippen molar-refractivity contribution in [1.29, 1.82) is 0 Å². The number of ether oxygens (including phenoxy) is 3. The number of unbranched alkanes of at least 4 members (excludes halogenated alkanes) is 3. The zero-order valence-electron chi connectivity index (χ0n) is 18.9. The molecule has 3 rings (SSSR count). The minimum atomic E-state index is -0.325. The number of benzene rings is 2. The molecule has 0 aliphatic carbocycles. The van der Waals surface area contributed by atoms with Gasteiger partial charge in [-0.25, -0.2) is 0 Å². The third-order valence-corrected chi connectivity index (χ3v) is 5.94. The average molecular weight is 536 g/mol. The van der Waals surface area contributed by atoms with Gasteiger partial charge in [-0.15, -0.1) is 0 Å². The van der Waals surface area contributed by atoms with E-state index in [1.165, 1.54) is 12.8 Å². The van der Waals surface area contributed by atoms with E-state index >= 15 is 0 Å². The molecule has 1 unspecified atom stereocenters. The van der Waals surface area contributed by atoms with E-state index in [9.17, 15) is 4.79 Å². The number of nitrogens with one attached hydrogen (secondary N) is 2. The van der Waals surface area contributed by atoms with Crippen molar-refractivity contribution < 1.29 is 19.0 Å². The van der Waals surface area contributed by atoms with Crippen LogP contribution in [0.1, 0.15) is 55.8 Å². The fourth-order valence-electron chi connectivity index (χ4n) is 3.45. The topological polar surface area (TPSA) is 68.8 Å². The first kappa shape index (κ1) is 25.5. The Morgan fingerprint density at radius 2 is 1.97 bits per heavy atom. The summed E-state index contributed by atoms with van der Waals surface area (Å²) in [6.07, 6.45) is 6.72. The van der Waals surface area contributed by atoms with Gasteiger partial charge < -0.3 is 19.5 Å². The fourth-order valence-corrected chi connectivity index (χ4v) is 4.02. The number of hydrogen-bond donors (Lipinski definition) is 2. The first-order valence-corrected chi connectivity index (χ1v) is 12.6. The molecule has 178 valence electrons. The fraction of sp³-hybridized carbons (Fsp3) is 0.440. The minimum absolute atomic E-state index is 0.175. The molecular formula is C25H31BrN2O4S. The number of rotatable bonds is 11. The normalized spacial score (nSPS) is 15.2. The molecule has 1 heterocycles. The molecule has 0 aromatic heterocycles. The van der Waals surface area contributed by atoms with Gasteiger partial charge in [0.15, 0.2) is 5.11 Å². The summed E-state index contributed by atoms with van der Waals surface area (Å²) in [5, 5.41) is 5.98. The van der Waals surface area contributed by atoms with Gasteiger partial charge in [-0.1, -0.05) is 42.1 Å². The summed E-state index contributed by atoms with van der Waals surface area (Å²) in [5.41, 5.74) is 1.19. The first-order valence-electron chi connectivity index (χ1n) is 11.4. The summed E-state index contributed by atoms with van der Waals surface area (Å²) in [5.74, 6) is 0.984. The second kappa shape index (κ2) is 13.5. The lowest BCUT2D eigenvalue weighted by molar-refractivity contribution is 0.0679. The Bertz CT molecular complexity index is 917. The average Bonchev–Trinajstić information content (AvgIpc) is 3.33. The Kier molecular flexibility index (Phi) is 10.4. The van der Waals surface area contributed by atoms with Gasteiger partial charge in [0.25, 0.3) is 5.91 Å². The molecule has 1 atom stereocenters. The molecular weight excluding hydrogens is 504 g/mol. The number of amides is 1. The van der Waals surface area contributed by atoms with Crippen LogP contribution in [0.4, 0.5) is 5.69 Å². The molecule has 2 aromatic rings. The molecule has 1 amide bonds. The van der Waals surface area contributed by atoms with Crippen LogP contribution in [0.15, 0.2) is 46.9 Å². The second-order valence-corrected chi connectivity index (χ2v) is 9.25. The number of hydrogen-bond acceptors (Lipinski definition) is 5. The van der Waals surface area contributed by atoms with Gasteiger partial charge in [-0.05, 0) is 73.9 Å². The predicted molar refractivity (Wildman–Crippen MR) is 138 cm³/mol. The Balaban J connectivity index is 1.50. The zero-order valence-corrected chi connectivity index (χ0v) is 21.3. The van der Waals surface area contributed by atoms with Crippen molar-refractivity contribution >= 4 is 44.9 Å². The second-order valence-electron chi connectivity index (χ2n) is 7.93. The molecule has 6 nitrogen and oxygen atoms in total. The van der Waals surface area contributed by atoms with E-state index < -0.39 is 0 Å². The standard InChI is InChI=1S/C25H31BrN2O4S/c1-2-3-4-5-14-31-23-13-8-18(26)16-22(23)24(29)28-25(33)27-19-9-11-20(12-10-19)32-17-21-7-6-15-30-21/h8-13,16,21H,2-7,14-15,17H2,1H3,(H2,27,28,29,33). The SMILES string of the molecule is CCCCCCOc1ccc(Br)cc1C(=O)NC(=S)Nc1ccc(OCC2CCCO2)cc1. The monoisotopic (exact) mass is 534 g/mol. The van der Waals surface area contributed by atoms with E-state index in [-0.39, 0.29) is 17.1 Å². The van der Waals surface area contributed by atoms with Crippen LogP contribution in [0.2, 0.25) is 0 Å². The maximum absolute atomic E-state index is 12.8. The molecule has 1 fully saturated rings. The molecule has 0 spiro atoms. The van der Waals surface area contributed by atoms with E-state index in [1.54, 1.807) is 12.1 Å². The lowest BCUT2D eigenvalue weighted by Gasteiger charge is -2.14. The summed E-state index contributed by atoms with van der Waals surface area (Å²) in [6, 6.07) is 12.8. The largest absolute Gasteiger partial charge is 0.493 e. The molecule has 1 aliphatic heterocycles. The van der Waals surface area contributed by atoms with Crippen LogP contribution in [-0.4, -0.2) is 36.9 Å². The van der Waals surface area contributed by atoms with Crippen LogP contribution in [-0.2, 0) is 4.74 Å². The Labute approximate surface area is 209 Å². The number of halogens is 1. The van der Waals surface area contributed by atoms with Gasteiger partial charge in [-0.2, -0.15) is 0 Å². The van der Waals surface area contributed by atoms with Crippen molar-refractivity contribution in [3.63, 3.8) is 0 Å². The summed E-state index contributed by atoms with van der Waals surface area (Å²) in [7, 11) is 0. The summed E-state index contributed by atoms with van der Waals surface area (Å²) < 4.78 is 18.0. The van der Waals surface area contributed by atoms with Crippen LogP contribution in [0.25, 0.3) is 0 Å². The van der Waals surface area contributed by atoms with Crippen LogP contribution in [0.3, 0.4) is 0 Å². The van der Waals surface area contributed by atoms with E-state index in [2.05, 4.69) is 33.5 Å². The summed E-state index contributed by atoms with van der Waals surface area (Å²) >= 11 is 8.76. The Morgan fingerprint density at radius 3 is 2.70 bits per heavy atom. The van der Waals surface area contributed by atoms with Gasteiger partial charge in [0, 0.05) is 16.8 Å². The Morgan fingerprint density at radius 1 is 1.15 bits per heavy atom. The van der Waals surface area contributed by atoms with E-state index in [0.29, 0.717) is 24.5 Å². The van der Waals surface area contributed by atoms with Crippen molar-refractivity contribution in [2.45, 2.75) is 51.6 Å². The number of thiocarbonyl (C=S) groups is 1. The van der Waals surface area contributed by atoms with Gasteiger partial charge in [-0.3, -0.25) is 10.1 Å². The molecule has 33 heavy (non-hydrogen) atoms. The number of anilines is 1. The van der Waals surface area contributed by atoms with Crippen molar-refractivity contribution in [2.75, 3.05) is 25.1 Å². The summed E-state index contributed by atoms with van der Waals surface area (Å²) in [4.78, 5) is 12.8. The van der Waals surface area contributed by atoms with Crippen molar-refractivity contribution in [3.8, 4) is 11.5 Å². The highest BCUT2D eigenvalue weighted by Crippen LogP contribution is 2.24. The first-order chi connectivity index (χ1) is 16.0. The third-order valence-electron chi connectivity index (χ3n) is 5.24. The molecule has 0 saturated carbocycles. The lowest BCUT2D eigenvalue weighted by atomic mass is 10.2. The van der Waals surface area contributed by atoms with Gasteiger partial charge >= 0.3 is 0 Å². The van der Waals surface area contributed by atoms with Gasteiger partial charge in [0.1, 0.15) is 18.1 Å². The Hall–Kier alpha value is -2.16. The lowest BCUT2D eigenvalue weighted by Crippen LogP contribution is -2.34. The molecule has 1 saturated heterocycles. The maximum atomic E-state index is 12.8. The minimum Gasteiger partial charge on any atom is -0.493 e. The number of carbonyl (C=O) groups is 1. The zero-order chi connectivity index (χ0) is 23.5. The van der Waals surface area contributed by atoms with Crippen LogP contribution in [0.5, 0.6) is 11.5 Å². The summed E-state index contributed by atoms with van der Waals surface area (Å²) in [6.45, 7) is 4.11. The number of carbonyl (C=O) groups excluding carboxylic acids is 1. The highest BCUT2D eigenvalue weighted by Gasteiger charge is 2.17. The highest BCUT2D eigenvalue weighted by atomic mass is 79.9. The van der Waals surface area contributed by atoms with E-state index in [4.69, 9.17) is 26.4 Å². The highest BCUT2D eigenvalue weighted by molar-refractivity contribution is 9.10.